The number of nitrogens with one attached hydrogen (secondary N) is 1. The van der Waals surface area contributed by atoms with Crippen molar-refractivity contribution in [3.63, 3.8) is 0 Å². The Morgan fingerprint density at radius 3 is 2.52 bits per heavy atom. The van der Waals surface area contributed by atoms with Crippen LogP contribution in [0.25, 0.3) is 10.8 Å². The lowest BCUT2D eigenvalue weighted by atomic mass is 10.1. The van der Waals surface area contributed by atoms with E-state index in [1.165, 1.54) is 7.11 Å². The van der Waals surface area contributed by atoms with Gasteiger partial charge in [0.1, 0.15) is 11.5 Å². The first-order chi connectivity index (χ1) is 13.1. The molecule has 27 heavy (non-hydrogen) atoms. The minimum absolute atomic E-state index is 0.0954. The van der Waals surface area contributed by atoms with Crippen molar-refractivity contribution in [1.29, 1.82) is 5.26 Å². The second-order valence-electron chi connectivity index (χ2n) is 5.62. The zero-order valence-electron chi connectivity index (χ0n) is 14.8. The smallest absolute Gasteiger partial charge is 0.273 e. The second-order valence-corrected chi connectivity index (χ2v) is 5.62. The fourth-order valence-electron chi connectivity index (χ4n) is 2.60. The van der Waals surface area contributed by atoms with Crippen molar-refractivity contribution in [2.24, 2.45) is 0 Å². The molecule has 3 rings (SSSR count). The van der Waals surface area contributed by atoms with E-state index in [0.29, 0.717) is 34.4 Å². The SMILES string of the molecule is CCNC(=O)c1nc(OC)c2cc(Oc3ccc(C#N)cc3)ccc2c1O. The summed E-state index contributed by atoms with van der Waals surface area (Å²) in [7, 11) is 1.44. The molecule has 0 fully saturated rings. The maximum atomic E-state index is 12.1. The molecule has 2 aromatic carbocycles. The molecular weight excluding hydrogens is 346 g/mol. The molecule has 0 aliphatic heterocycles. The Balaban J connectivity index is 2.02. The van der Waals surface area contributed by atoms with Crippen LogP contribution in [0.3, 0.4) is 0 Å². The van der Waals surface area contributed by atoms with Crippen molar-refractivity contribution in [2.45, 2.75) is 6.92 Å². The van der Waals surface area contributed by atoms with Crippen LogP contribution < -0.4 is 14.8 Å². The highest BCUT2D eigenvalue weighted by Gasteiger charge is 2.19. The van der Waals surface area contributed by atoms with Crippen molar-refractivity contribution in [3.8, 4) is 29.2 Å². The van der Waals surface area contributed by atoms with E-state index in [-0.39, 0.29) is 17.3 Å². The number of carbonyl (C=O) groups is 1. The Bertz CT molecular complexity index is 1040. The van der Waals surface area contributed by atoms with Gasteiger partial charge in [-0.05, 0) is 49.4 Å². The zero-order valence-corrected chi connectivity index (χ0v) is 14.8. The first-order valence-corrected chi connectivity index (χ1v) is 8.24. The summed E-state index contributed by atoms with van der Waals surface area (Å²) in [6.45, 7) is 2.19. The molecule has 0 unspecified atom stereocenters. The topological polar surface area (TPSA) is 104 Å². The Labute approximate surface area is 155 Å². The van der Waals surface area contributed by atoms with Crippen LogP contribution in [0.2, 0.25) is 0 Å². The van der Waals surface area contributed by atoms with Crippen LogP contribution in [0.1, 0.15) is 23.0 Å². The van der Waals surface area contributed by atoms with Crippen molar-refractivity contribution >= 4 is 16.7 Å². The third kappa shape index (κ3) is 3.60. The summed E-state index contributed by atoms with van der Waals surface area (Å²) in [5, 5.41) is 22.8. The van der Waals surface area contributed by atoms with Gasteiger partial charge in [0, 0.05) is 11.9 Å². The summed E-state index contributed by atoms with van der Waals surface area (Å²) in [5.41, 5.74) is 0.441. The van der Waals surface area contributed by atoms with Gasteiger partial charge in [-0.25, -0.2) is 4.98 Å². The Hall–Kier alpha value is -3.79. The van der Waals surface area contributed by atoms with E-state index >= 15 is 0 Å². The molecule has 0 saturated carbocycles. The maximum absolute atomic E-state index is 12.1. The first kappa shape index (κ1) is 18.0. The number of nitriles is 1. The number of aromatic nitrogens is 1. The molecular formula is C20H17N3O4. The highest BCUT2D eigenvalue weighted by molar-refractivity contribution is 6.03. The molecule has 0 spiro atoms. The number of nitrogens with zero attached hydrogens (tertiary/aromatic N) is 2. The lowest BCUT2D eigenvalue weighted by molar-refractivity contribution is 0.0947. The van der Waals surface area contributed by atoms with Gasteiger partial charge in [0.25, 0.3) is 5.91 Å². The van der Waals surface area contributed by atoms with Crippen LogP contribution >= 0.6 is 0 Å². The standard InChI is InChI=1S/C20H17N3O4/c1-3-22-19(25)17-18(24)15-9-8-14(10-16(15)20(23-17)26-2)27-13-6-4-12(11-21)5-7-13/h4-10,24H,3H2,1-2H3,(H,22,25). The maximum Gasteiger partial charge on any atom is 0.273 e. The summed E-state index contributed by atoms with van der Waals surface area (Å²) in [6.07, 6.45) is 0. The number of hydrogen-bond acceptors (Lipinski definition) is 6. The third-order valence-corrected chi connectivity index (χ3v) is 3.88. The van der Waals surface area contributed by atoms with E-state index in [1.54, 1.807) is 49.4 Å². The first-order valence-electron chi connectivity index (χ1n) is 8.24. The lowest BCUT2D eigenvalue weighted by Gasteiger charge is -2.12. The Morgan fingerprint density at radius 1 is 1.19 bits per heavy atom. The monoisotopic (exact) mass is 363 g/mol. The number of aromatic hydroxyl groups is 1. The predicted octanol–water partition coefficient (Wildman–Crippen LogP) is 3.36. The van der Waals surface area contributed by atoms with Crippen molar-refractivity contribution in [2.75, 3.05) is 13.7 Å². The summed E-state index contributed by atoms with van der Waals surface area (Å²) < 4.78 is 11.1. The Morgan fingerprint density at radius 2 is 1.89 bits per heavy atom. The van der Waals surface area contributed by atoms with Crippen LogP contribution in [0.5, 0.6) is 23.1 Å². The fourth-order valence-corrected chi connectivity index (χ4v) is 2.60. The van der Waals surface area contributed by atoms with Gasteiger partial charge in [0.05, 0.1) is 24.1 Å². The van der Waals surface area contributed by atoms with Crippen LogP contribution in [0, 0.1) is 11.3 Å². The van der Waals surface area contributed by atoms with Crippen molar-refractivity contribution < 1.29 is 19.4 Å². The molecule has 0 aliphatic carbocycles. The number of rotatable bonds is 5. The number of ether oxygens (including phenoxy) is 2. The molecule has 1 amide bonds. The lowest BCUT2D eigenvalue weighted by Crippen LogP contribution is -2.24. The molecule has 136 valence electrons. The molecule has 7 heteroatoms. The number of carbonyl (C=O) groups excluding carboxylic acids is 1. The second kappa shape index (κ2) is 7.62. The number of benzene rings is 2. The molecule has 7 nitrogen and oxygen atoms in total. The van der Waals surface area contributed by atoms with Gasteiger partial charge >= 0.3 is 0 Å². The van der Waals surface area contributed by atoms with E-state index < -0.39 is 5.91 Å². The molecule has 1 heterocycles. The fraction of sp³-hybridized carbons (Fsp3) is 0.150. The van der Waals surface area contributed by atoms with Crippen LogP contribution in [0.15, 0.2) is 42.5 Å². The number of fused-ring (bicyclic) bond motifs is 1. The van der Waals surface area contributed by atoms with Gasteiger partial charge in [-0.1, -0.05) is 0 Å². The van der Waals surface area contributed by atoms with E-state index in [9.17, 15) is 9.90 Å². The van der Waals surface area contributed by atoms with Gasteiger partial charge in [-0.3, -0.25) is 4.79 Å². The quantitative estimate of drug-likeness (QED) is 0.720. The van der Waals surface area contributed by atoms with Crippen molar-refractivity contribution in [1.82, 2.24) is 10.3 Å². The van der Waals surface area contributed by atoms with Crippen LogP contribution in [0.4, 0.5) is 0 Å². The van der Waals surface area contributed by atoms with E-state index in [2.05, 4.69) is 10.3 Å². The van der Waals surface area contributed by atoms with Crippen molar-refractivity contribution in [3.05, 3.63) is 53.7 Å². The molecule has 0 radical (unpaired) electrons. The number of methoxy groups -OCH3 is 1. The molecule has 0 aliphatic rings. The van der Waals surface area contributed by atoms with E-state index in [1.807, 2.05) is 6.07 Å². The highest BCUT2D eigenvalue weighted by Crippen LogP contribution is 2.36. The largest absolute Gasteiger partial charge is 0.505 e. The van der Waals surface area contributed by atoms with Gasteiger partial charge in [0.15, 0.2) is 11.4 Å². The third-order valence-electron chi connectivity index (χ3n) is 3.88. The normalized spacial score (nSPS) is 10.3. The summed E-state index contributed by atoms with van der Waals surface area (Å²) in [6, 6.07) is 13.7. The number of pyridine rings is 1. The summed E-state index contributed by atoms with van der Waals surface area (Å²) >= 11 is 0. The minimum Gasteiger partial charge on any atom is -0.505 e. The molecule has 1 aromatic heterocycles. The minimum atomic E-state index is -0.479. The van der Waals surface area contributed by atoms with E-state index in [4.69, 9.17) is 14.7 Å². The number of amides is 1. The van der Waals surface area contributed by atoms with Crippen LogP contribution in [-0.2, 0) is 0 Å². The van der Waals surface area contributed by atoms with Crippen LogP contribution in [-0.4, -0.2) is 29.7 Å². The highest BCUT2D eigenvalue weighted by atomic mass is 16.5. The molecule has 2 N–H and O–H groups in total. The van der Waals surface area contributed by atoms with Gasteiger partial charge < -0.3 is 19.9 Å². The van der Waals surface area contributed by atoms with Gasteiger partial charge in [0.2, 0.25) is 5.88 Å². The average molecular weight is 363 g/mol. The predicted molar refractivity (Wildman–Crippen MR) is 99.2 cm³/mol. The number of hydrogen-bond donors (Lipinski definition) is 2. The van der Waals surface area contributed by atoms with Gasteiger partial charge in [-0.15, -0.1) is 0 Å². The average Bonchev–Trinajstić information content (AvgIpc) is 2.69. The summed E-state index contributed by atoms with van der Waals surface area (Å²) in [4.78, 5) is 16.2. The molecule has 0 bridgehead atoms. The molecule has 0 saturated heterocycles. The molecule has 3 aromatic rings. The van der Waals surface area contributed by atoms with E-state index in [0.717, 1.165) is 0 Å². The zero-order chi connectivity index (χ0) is 19.4. The summed E-state index contributed by atoms with van der Waals surface area (Å²) in [5.74, 6) is 0.560. The molecule has 0 atom stereocenters. The Kier molecular flexibility index (Phi) is 5.08. The van der Waals surface area contributed by atoms with Gasteiger partial charge in [-0.2, -0.15) is 5.26 Å².